The van der Waals surface area contributed by atoms with E-state index in [-0.39, 0.29) is 12.1 Å². The molecule has 0 aliphatic rings. The van der Waals surface area contributed by atoms with Gasteiger partial charge in [-0.15, -0.1) is 0 Å². The van der Waals surface area contributed by atoms with Gasteiger partial charge < -0.3 is 15.4 Å². The normalized spacial score (nSPS) is 12.9. The van der Waals surface area contributed by atoms with Gasteiger partial charge in [0.2, 0.25) is 0 Å². The molecule has 2 aromatic rings. The zero-order chi connectivity index (χ0) is 17.4. The Kier molecular flexibility index (Phi) is 6.81. The average Bonchev–Trinajstić information content (AvgIpc) is 2.56. The summed E-state index contributed by atoms with van der Waals surface area (Å²) in [5, 5.41) is 5.54. The number of para-hydroxylation sites is 1. The van der Waals surface area contributed by atoms with E-state index in [1.165, 1.54) is 0 Å². The molecule has 0 saturated carbocycles. The van der Waals surface area contributed by atoms with Crippen molar-refractivity contribution in [2.24, 2.45) is 0 Å². The second kappa shape index (κ2) is 9.08. The fourth-order valence-electron chi connectivity index (χ4n) is 2.09. The standard InChI is InChI=1S/C18H22N2O3S/c1-14(20-18(21)19-12-13-24(2)22)15-8-10-17(11-9-15)23-16-6-4-3-5-7-16/h3-11,14H,12-13H2,1-2H3,(H2,19,20,21). The van der Waals surface area contributed by atoms with Gasteiger partial charge in [-0.1, -0.05) is 30.3 Å². The number of carbonyl (C=O) groups excluding carboxylic acids is 1. The Morgan fingerprint density at radius 2 is 1.71 bits per heavy atom. The quantitative estimate of drug-likeness (QED) is 0.809. The number of hydrogen-bond donors (Lipinski definition) is 2. The molecule has 24 heavy (non-hydrogen) atoms. The van der Waals surface area contributed by atoms with Crippen molar-refractivity contribution in [1.29, 1.82) is 0 Å². The summed E-state index contributed by atoms with van der Waals surface area (Å²) in [6, 6.07) is 16.8. The largest absolute Gasteiger partial charge is 0.457 e. The highest BCUT2D eigenvalue weighted by atomic mass is 32.2. The van der Waals surface area contributed by atoms with Gasteiger partial charge in [0.25, 0.3) is 0 Å². The molecule has 5 nitrogen and oxygen atoms in total. The van der Waals surface area contributed by atoms with Crippen LogP contribution in [0.3, 0.4) is 0 Å². The highest BCUT2D eigenvalue weighted by Gasteiger charge is 2.09. The van der Waals surface area contributed by atoms with Crippen molar-refractivity contribution in [1.82, 2.24) is 10.6 Å². The summed E-state index contributed by atoms with van der Waals surface area (Å²) in [4.78, 5) is 11.8. The van der Waals surface area contributed by atoms with E-state index in [0.29, 0.717) is 12.3 Å². The third-order valence-electron chi connectivity index (χ3n) is 3.38. The Hall–Kier alpha value is -2.34. The van der Waals surface area contributed by atoms with Gasteiger partial charge in [0.15, 0.2) is 0 Å². The van der Waals surface area contributed by atoms with E-state index in [4.69, 9.17) is 4.74 Å². The van der Waals surface area contributed by atoms with Crippen LogP contribution in [0.25, 0.3) is 0 Å². The van der Waals surface area contributed by atoms with Crippen LogP contribution in [-0.4, -0.2) is 28.8 Å². The minimum Gasteiger partial charge on any atom is -0.457 e. The number of rotatable bonds is 7. The number of amides is 2. The van der Waals surface area contributed by atoms with Gasteiger partial charge in [-0.2, -0.15) is 0 Å². The van der Waals surface area contributed by atoms with E-state index in [9.17, 15) is 9.00 Å². The minimum absolute atomic E-state index is 0.136. The van der Waals surface area contributed by atoms with Gasteiger partial charge in [-0.25, -0.2) is 4.79 Å². The highest BCUT2D eigenvalue weighted by Crippen LogP contribution is 2.23. The molecule has 2 unspecified atom stereocenters. The molecule has 2 amide bonds. The molecule has 2 atom stereocenters. The number of urea groups is 1. The summed E-state index contributed by atoms with van der Waals surface area (Å²) in [7, 11) is -0.907. The van der Waals surface area contributed by atoms with Gasteiger partial charge in [-0.3, -0.25) is 4.21 Å². The van der Waals surface area contributed by atoms with Crippen LogP contribution in [0.15, 0.2) is 54.6 Å². The molecular formula is C18H22N2O3S. The summed E-state index contributed by atoms with van der Waals surface area (Å²) in [6.07, 6.45) is 1.61. The number of carbonyl (C=O) groups is 1. The predicted molar refractivity (Wildman–Crippen MR) is 96.8 cm³/mol. The number of benzene rings is 2. The molecule has 0 aliphatic heterocycles. The summed E-state index contributed by atoms with van der Waals surface area (Å²) in [5.41, 5.74) is 0.977. The lowest BCUT2D eigenvalue weighted by Crippen LogP contribution is -2.38. The van der Waals surface area contributed by atoms with E-state index < -0.39 is 10.8 Å². The van der Waals surface area contributed by atoms with Crippen molar-refractivity contribution >= 4 is 16.8 Å². The Bertz CT molecular complexity index is 674. The van der Waals surface area contributed by atoms with Crippen molar-refractivity contribution < 1.29 is 13.7 Å². The first-order chi connectivity index (χ1) is 11.5. The van der Waals surface area contributed by atoms with Gasteiger partial charge >= 0.3 is 6.03 Å². The van der Waals surface area contributed by atoms with Gasteiger partial charge in [-0.05, 0) is 36.8 Å². The first-order valence-electron chi connectivity index (χ1n) is 7.72. The lowest BCUT2D eigenvalue weighted by molar-refractivity contribution is 0.238. The molecule has 0 heterocycles. The first kappa shape index (κ1) is 18.0. The van der Waals surface area contributed by atoms with Crippen molar-refractivity contribution in [3.8, 4) is 11.5 Å². The summed E-state index contributed by atoms with van der Waals surface area (Å²) < 4.78 is 16.7. The molecular weight excluding hydrogens is 324 g/mol. The number of nitrogens with one attached hydrogen (secondary N) is 2. The van der Waals surface area contributed by atoms with Crippen LogP contribution in [0.2, 0.25) is 0 Å². The predicted octanol–water partition coefficient (Wildman–Crippen LogP) is 3.22. The van der Waals surface area contributed by atoms with Crippen LogP contribution in [-0.2, 0) is 10.8 Å². The van der Waals surface area contributed by atoms with Crippen molar-refractivity contribution in [3.05, 3.63) is 60.2 Å². The van der Waals surface area contributed by atoms with E-state index in [2.05, 4.69) is 10.6 Å². The third-order valence-corrected chi connectivity index (χ3v) is 4.16. The Labute approximate surface area is 144 Å². The maximum Gasteiger partial charge on any atom is 0.315 e. The van der Waals surface area contributed by atoms with Crippen LogP contribution in [0, 0.1) is 0 Å². The van der Waals surface area contributed by atoms with Crippen LogP contribution >= 0.6 is 0 Å². The summed E-state index contributed by atoms with van der Waals surface area (Å²) in [5.74, 6) is 1.98. The van der Waals surface area contributed by atoms with Crippen LogP contribution < -0.4 is 15.4 Å². The molecule has 0 saturated heterocycles. The molecule has 0 spiro atoms. The summed E-state index contributed by atoms with van der Waals surface area (Å²) >= 11 is 0. The maximum atomic E-state index is 11.8. The molecule has 2 N–H and O–H groups in total. The highest BCUT2D eigenvalue weighted by molar-refractivity contribution is 7.84. The zero-order valence-corrected chi connectivity index (χ0v) is 14.6. The van der Waals surface area contributed by atoms with E-state index in [1.54, 1.807) is 6.26 Å². The summed E-state index contributed by atoms with van der Waals surface area (Å²) in [6.45, 7) is 2.30. The molecule has 0 aliphatic carbocycles. The number of hydrogen-bond acceptors (Lipinski definition) is 3. The zero-order valence-electron chi connectivity index (χ0n) is 13.8. The third kappa shape index (κ3) is 6.04. The molecule has 0 fully saturated rings. The van der Waals surface area contributed by atoms with Crippen molar-refractivity contribution in [3.63, 3.8) is 0 Å². The molecule has 6 heteroatoms. The second-order valence-electron chi connectivity index (χ2n) is 5.38. The van der Waals surface area contributed by atoms with Gasteiger partial charge in [0, 0.05) is 29.4 Å². The van der Waals surface area contributed by atoms with Gasteiger partial charge in [0.1, 0.15) is 11.5 Å². The second-order valence-corrected chi connectivity index (χ2v) is 6.94. The topological polar surface area (TPSA) is 67.4 Å². The lowest BCUT2D eigenvalue weighted by Gasteiger charge is -2.15. The smallest absolute Gasteiger partial charge is 0.315 e. The molecule has 0 aromatic heterocycles. The van der Waals surface area contributed by atoms with Crippen molar-refractivity contribution in [2.75, 3.05) is 18.6 Å². The average molecular weight is 346 g/mol. The van der Waals surface area contributed by atoms with Crippen LogP contribution in [0.5, 0.6) is 11.5 Å². The number of ether oxygens (including phenoxy) is 1. The molecule has 2 aromatic carbocycles. The Balaban J connectivity index is 1.85. The molecule has 0 bridgehead atoms. The first-order valence-corrected chi connectivity index (χ1v) is 9.44. The molecule has 2 rings (SSSR count). The van der Waals surface area contributed by atoms with E-state index >= 15 is 0 Å². The van der Waals surface area contributed by atoms with Crippen LogP contribution in [0.4, 0.5) is 4.79 Å². The SMILES string of the molecule is CC(NC(=O)NCCS(C)=O)c1ccc(Oc2ccccc2)cc1. The fraction of sp³-hybridized carbons (Fsp3) is 0.278. The monoisotopic (exact) mass is 346 g/mol. The lowest BCUT2D eigenvalue weighted by atomic mass is 10.1. The van der Waals surface area contributed by atoms with Gasteiger partial charge in [0.05, 0.1) is 6.04 Å². The van der Waals surface area contributed by atoms with E-state index in [1.807, 2.05) is 61.5 Å². The maximum absolute atomic E-state index is 11.8. The molecule has 128 valence electrons. The van der Waals surface area contributed by atoms with E-state index in [0.717, 1.165) is 17.1 Å². The van der Waals surface area contributed by atoms with Crippen molar-refractivity contribution in [2.45, 2.75) is 13.0 Å². The fourth-order valence-corrected chi connectivity index (χ4v) is 2.48. The minimum atomic E-state index is -0.907. The Morgan fingerprint density at radius 1 is 1.08 bits per heavy atom. The molecule has 0 radical (unpaired) electrons. The van der Waals surface area contributed by atoms with Crippen LogP contribution in [0.1, 0.15) is 18.5 Å². The Morgan fingerprint density at radius 3 is 2.33 bits per heavy atom.